The second kappa shape index (κ2) is 4.86. The molecule has 84 valence electrons. The van der Waals surface area contributed by atoms with Gasteiger partial charge in [0.1, 0.15) is 5.78 Å². The monoisotopic (exact) mass is 211 g/mol. The largest absolute Gasteiger partial charge is 0.381 e. The van der Waals surface area contributed by atoms with Crippen molar-refractivity contribution in [2.24, 2.45) is 5.92 Å². The third-order valence-electron chi connectivity index (χ3n) is 3.18. The molecule has 0 aromatic rings. The number of nitrogens with zero attached hydrogens (tertiary/aromatic N) is 1. The van der Waals surface area contributed by atoms with Crippen LogP contribution in [0.3, 0.4) is 0 Å². The molecular weight excluding hydrogens is 194 g/mol. The summed E-state index contributed by atoms with van der Waals surface area (Å²) in [5.41, 5.74) is 0. The zero-order valence-corrected chi connectivity index (χ0v) is 8.91. The predicted molar refractivity (Wildman–Crippen MR) is 54.6 cm³/mol. The first-order valence-electron chi connectivity index (χ1n) is 5.60. The molecule has 1 unspecified atom stereocenters. The van der Waals surface area contributed by atoms with E-state index in [9.17, 15) is 9.59 Å². The molecule has 0 saturated carbocycles. The maximum absolute atomic E-state index is 11.8. The average molecular weight is 211 g/mol. The minimum Gasteiger partial charge on any atom is -0.381 e. The summed E-state index contributed by atoms with van der Waals surface area (Å²) in [5, 5.41) is 0. The molecule has 0 N–H and O–H groups in total. The van der Waals surface area contributed by atoms with E-state index < -0.39 is 0 Å². The van der Waals surface area contributed by atoms with Crippen LogP contribution in [0.4, 0.5) is 0 Å². The van der Waals surface area contributed by atoms with Crippen molar-refractivity contribution >= 4 is 11.6 Å². The number of carbonyl (C=O) groups excluding carboxylic acids is 2. The lowest BCUT2D eigenvalue weighted by molar-refractivity contribution is -0.127. The van der Waals surface area contributed by atoms with E-state index in [4.69, 9.17) is 4.74 Å². The van der Waals surface area contributed by atoms with E-state index in [1.54, 1.807) is 0 Å². The van der Waals surface area contributed by atoms with Gasteiger partial charge in [0.2, 0.25) is 0 Å². The number of hydrogen-bond donors (Lipinski definition) is 0. The van der Waals surface area contributed by atoms with Crippen molar-refractivity contribution in [3.8, 4) is 0 Å². The highest BCUT2D eigenvalue weighted by molar-refractivity contribution is 5.84. The van der Waals surface area contributed by atoms with Gasteiger partial charge in [0.15, 0.2) is 5.78 Å². The Bertz CT molecular complexity index is 249. The molecule has 0 spiro atoms. The molecule has 2 saturated heterocycles. The summed E-state index contributed by atoms with van der Waals surface area (Å²) in [6, 6.07) is 0. The van der Waals surface area contributed by atoms with E-state index in [0.717, 1.165) is 26.1 Å². The molecule has 4 nitrogen and oxygen atoms in total. The molecule has 0 aromatic carbocycles. The first kappa shape index (κ1) is 10.8. The standard InChI is InChI=1S/C11H17NO3/c13-10-1-4-12(5-2-10)7-11(14)9-3-6-15-8-9/h9H,1-8H2. The highest BCUT2D eigenvalue weighted by atomic mass is 16.5. The Balaban J connectivity index is 1.76. The van der Waals surface area contributed by atoms with Gasteiger partial charge in [-0.1, -0.05) is 0 Å². The summed E-state index contributed by atoms with van der Waals surface area (Å²) in [4.78, 5) is 24.9. The highest BCUT2D eigenvalue weighted by Crippen LogP contribution is 2.15. The Morgan fingerprint density at radius 3 is 2.73 bits per heavy atom. The molecule has 2 fully saturated rings. The molecule has 0 bridgehead atoms. The summed E-state index contributed by atoms with van der Waals surface area (Å²) >= 11 is 0. The van der Waals surface area contributed by atoms with Gasteiger partial charge in [0, 0.05) is 38.5 Å². The van der Waals surface area contributed by atoms with Crippen molar-refractivity contribution in [1.29, 1.82) is 0 Å². The van der Waals surface area contributed by atoms with Crippen molar-refractivity contribution in [2.45, 2.75) is 19.3 Å². The van der Waals surface area contributed by atoms with Crippen LogP contribution in [0, 0.1) is 5.92 Å². The van der Waals surface area contributed by atoms with Gasteiger partial charge in [-0.25, -0.2) is 0 Å². The van der Waals surface area contributed by atoms with E-state index in [0.29, 0.717) is 31.8 Å². The van der Waals surface area contributed by atoms with Gasteiger partial charge >= 0.3 is 0 Å². The van der Waals surface area contributed by atoms with Crippen LogP contribution in [-0.4, -0.2) is 49.3 Å². The molecule has 1 atom stereocenters. The second-order valence-electron chi connectivity index (χ2n) is 4.34. The van der Waals surface area contributed by atoms with Crippen molar-refractivity contribution in [2.75, 3.05) is 32.8 Å². The van der Waals surface area contributed by atoms with Crippen LogP contribution in [0.5, 0.6) is 0 Å². The minimum atomic E-state index is 0.0997. The lowest BCUT2D eigenvalue weighted by atomic mass is 10.0. The van der Waals surface area contributed by atoms with Crippen LogP contribution in [0.25, 0.3) is 0 Å². The number of likely N-dealkylation sites (tertiary alicyclic amines) is 1. The van der Waals surface area contributed by atoms with Crippen molar-refractivity contribution in [1.82, 2.24) is 4.90 Å². The quantitative estimate of drug-likeness (QED) is 0.671. The normalized spacial score (nSPS) is 28.3. The Morgan fingerprint density at radius 2 is 2.13 bits per heavy atom. The van der Waals surface area contributed by atoms with E-state index in [1.165, 1.54) is 0 Å². The van der Waals surface area contributed by atoms with Crippen molar-refractivity contribution in [3.63, 3.8) is 0 Å². The van der Waals surface area contributed by atoms with Crippen LogP contribution < -0.4 is 0 Å². The molecule has 2 rings (SSSR count). The fourth-order valence-corrected chi connectivity index (χ4v) is 2.10. The molecule has 15 heavy (non-hydrogen) atoms. The smallest absolute Gasteiger partial charge is 0.152 e. The fourth-order valence-electron chi connectivity index (χ4n) is 2.10. The van der Waals surface area contributed by atoms with Crippen molar-refractivity contribution < 1.29 is 14.3 Å². The number of rotatable bonds is 3. The molecule has 0 amide bonds. The molecule has 2 aliphatic heterocycles. The van der Waals surface area contributed by atoms with E-state index in [1.807, 2.05) is 0 Å². The molecule has 2 heterocycles. The molecule has 0 radical (unpaired) electrons. The van der Waals surface area contributed by atoms with Gasteiger partial charge in [-0.3, -0.25) is 14.5 Å². The molecule has 0 aromatic heterocycles. The first-order valence-corrected chi connectivity index (χ1v) is 5.60. The Morgan fingerprint density at radius 1 is 1.40 bits per heavy atom. The molecule has 4 heteroatoms. The number of piperidine rings is 1. The van der Waals surface area contributed by atoms with Gasteiger partial charge in [-0.05, 0) is 6.42 Å². The minimum absolute atomic E-state index is 0.0997. The summed E-state index contributed by atoms with van der Waals surface area (Å²) in [5.74, 6) is 0.701. The number of Topliss-reactive ketones (excluding diaryl/α,β-unsaturated/α-hetero) is 2. The number of hydrogen-bond acceptors (Lipinski definition) is 4. The van der Waals surface area contributed by atoms with Gasteiger partial charge < -0.3 is 4.74 Å². The van der Waals surface area contributed by atoms with Crippen LogP contribution in [0.2, 0.25) is 0 Å². The van der Waals surface area contributed by atoms with E-state index in [2.05, 4.69) is 4.90 Å². The zero-order chi connectivity index (χ0) is 10.7. The molecular formula is C11H17NO3. The molecule has 0 aliphatic carbocycles. The third-order valence-corrected chi connectivity index (χ3v) is 3.18. The molecule has 2 aliphatic rings. The topological polar surface area (TPSA) is 46.6 Å². The predicted octanol–water partition coefficient (Wildman–Crippen LogP) is 0.257. The lowest BCUT2D eigenvalue weighted by Crippen LogP contribution is -2.39. The summed E-state index contributed by atoms with van der Waals surface area (Å²) in [6.45, 7) is 3.30. The van der Waals surface area contributed by atoms with E-state index in [-0.39, 0.29) is 11.7 Å². The van der Waals surface area contributed by atoms with Gasteiger partial charge in [0.05, 0.1) is 13.2 Å². The summed E-state index contributed by atoms with van der Waals surface area (Å²) in [7, 11) is 0. The second-order valence-corrected chi connectivity index (χ2v) is 4.34. The van der Waals surface area contributed by atoms with E-state index >= 15 is 0 Å². The van der Waals surface area contributed by atoms with Crippen LogP contribution in [0.15, 0.2) is 0 Å². The van der Waals surface area contributed by atoms with Gasteiger partial charge in [0.25, 0.3) is 0 Å². The van der Waals surface area contributed by atoms with Crippen LogP contribution in [0.1, 0.15) is 19.3 Å². The maximum Gasteiger partial charge on any atom is 0.152 e. The Kier molecular flexibility index (Phi) is 3.49. The number of carbonyl (C=O) groups is 2. The number of ketones is 2. The Hall–Kier alpha value is -0.740. The summed E-state index contributed by atoms with van der Waals surface area (Å²) < 4.78 is 5.19. The maximum atomic E-state index is 11.8. The lowest BCUT2D eigenvalue weighted by Gasteiger charge is -2.25. The van der Waals surface area contributed by atoms with Gasteiger partial charge in [-0.2, -0.15) is 0 Å². The van der Waals surface area contributed by atoms with Crippen molar-refractivity contribution in [3.05, 3.63) is 0 Å². The van der Waals surface area contributed by atoms with Crippen LogP contribution >= 0.6 is 0 Å². The number of ether oxygens (including phenoxy) is 1. The summed E-state index contributed by atoms with van der Waals surface area (Å²) in [6.07, 6.45) is 2.08. The zero-order valence-electron chi connectivity index (χ0n) is 8.91. The highest BCUT2D eigenvalue weighted by Gasteiger charge is 2.26. The van der Waals surface area contributed by atoms with Crippen LogP contribution in [-0.2, 0) is 14.3 Å². The van der Waals surface area contributed by atoms with Gasteiger partial charge in [-0.15, -0.1) is 0 Å². The first-order chi connectivity index (χ1) is 7.25. The third kappa shape index (κ3) is 2.86. The SMILES string of the molecule is O=C1CCN(CC(=O)C2CCOC2)CC1. The Labute approximate surface area is 89.6 Å². The fraction of sp³-hybridized carbons (Fsp3) is 0.818. The average Bonchev–Trinajstić information content (AvgIpc) is 2.74.